The summed E-state index contributed by atoms with van der Waals surface area (Å²) in [7, 11) is 0. The number of benzene rings is 1. The van der Waals surface area contributed by atoms with Crippen LogP contribution in [0.3, 0.4) is 0 Å². The molecule has 0 aliphatic carbocycles. The van der Waals surface area contributed by atoms with E-state index in [1.165, 1.54) is 5.56 Å². The van der Waals surface area contributed by atoms with Gasteiger partial charge in [0.15, 0.2) is 0 Å². The molecule has 0 saturated carbocycles. The van der Waals surface area contributed by atoms with Gasteiger partial charge in [-0.1, -0.05) is 23.8 Å². The zero-order chi connectivity index (χ0) is 17.9. The normalized spacial score (nSPS) is 24.4. The van der Waals surface area contributed by atoms with Crippen LogP contribution in [0.4, 0.5) is 4.39 Å². The summed E-state index contributed by atoms with van der Waals surface area (Å²) >= 11 is 0. The minimum absolute atomic E-state index is 0.107. The van der Waals surface area contributed by atoms with Crippen LogP contribution in [0.1, 0.15) is 23.1 Å². The molecule has 0 radical (unpaired) electrons. The lowest BCUT2D eigenvalue weighted by Gasteiger charge is -2.47. The Balaban J connectivity index is 1.45. The van der Waals surface area contributed by atoms with E-state index in [4.69, 9.17) is 4.74 Å². The summed E-state index contributed by atoms with van der Waals surface area (Å²) in [5, 5.41) is 0. The first-order valence-corrected chi connectivity index (χ1v) is 9.41. The summed E-state index contributed by atoms with van der Waals surface area (Å²) in [5.41, 5.74) is 3.13. The predicted octanol–water partition coefficient (Wildman–Crippen LogP) is 3.00. The molecular weight excluding hydrogens is 329 g/mol. The van der Waals surface area contributed by atoms with Crippen LogP contribution < -0.4 is 0 Å². The third kappa shape index (κ3) is 3.95. The zero-order valence-electron chi connectivity index (χ0n) is 15.3. The third-order valence-electron chi connectivity index (χ3n) is 5.49. The molecule has 3 heterocycles. The number of aryl methyl sites for hydroxylation is 1. The van der Waals surface area contributed by atoms with Gasteiger partial charge < -0.3 is 4.74 Å². The maximum Gasteiger partial charge on any atom is 0.127 e. The molecular formula is C21H26FN3O. The average Bonchev–Trinajstić information content (AvgIpc) is 2.66. The molecule has 0 unspecified atom stereocenters. The molecule has 4 nitrogen and oxygen atoms in total. The number of hydrogen-bond acceptors (Lipinski definition) is 4. The SMILES string of the molecule is Cc1ccc(F)c(CN2CC[C@@H]3OCCN(Cc4cccnc4)[C@H]3C2)c1. The van der Waals surface area contributed by atoms with Gasteiger partial charge in [0.05, 0.1) is 12.7 Å². The predicted molar refractivity (Wildman–Crippen MR) is 99.2 cm³/mol. The van der Waals surface area contributed by atoms with Crippen molar-refractivity contribution >= 4 is 0 Å². The van der Waals surface area contributed by atoms with Crippen LogP contribution in [-0.2, 0) is 17.8 Å². The van der Waals surface area contributed by atoms with E-state index in [1.54, 1.807) is 6.07 Å². The lowest BCUT2D eigenvalue weighted by molar-refractivity contribution is -0.107. The first-order valence-electron chi connectivity index (χ1n) is 9.41. The van der Waals surface area contributed by atoms with Crippen molar-refractivity contribution in [2.45, 2.75) is 38.6 Å². The quantitative estimate of drug-likeness (QED) is 0.843. The van der Waals surface area contributed by atoms with E-state index in [1.807, 2.05) is 37.5 Å². The fraction of sp³-hybridized carbons (Fsp3) is 0.476. The second-order valence-corrected chi connectivity index (χ2v) is 7.43. The molecule has 2 fully saturated rings. The van der Waals surface area contributed by atoms with E-state index in [-0.39, 0.29) is 11.9 Å². The molecule has 1 aromatic carbocycles. The van der Waals surface area contributed by atoms with Crippen molar-refractivity contribution in [2.75, 3.05) is 26.2 Å². The number of pyridine rings is 1. The zero-order valence-corrected chi connectivity index (χ0v) is 15.3. The van der Waals surface area contributed by atoms with Crippen LogP contribution in [0, 0.1) is 12.7 Å². The Bertz CT molecular complexity index is 739. The van der Waals surface area contributed by atoms with Crippen molar-refractivity contribution in [3.8, 4) is 0 Å². The molecule has 138 valence electrons. The van der Waals surface area contributed by atoms with Gasteiger partial charge in [0, 0.05) is 56.7 Å². The number of fused-ring (bicyclic) bond motifs is 1. The monoisotopic (exact) mass is 355 g/mol. The van der Waals surface area contributed by atoms with E-state index in [2.05, 4.69) is 20.9 Å². The second-order valence-electron chi connectivity index (χ2n) is 7.43. The number of morpholine rings is 1. The van der Waals surface area contributed by atoms with Crippen molar-refractivity contribution in [3.05, 3.63) is 65.2 Å². The molecule has 0 amide bonds. The van der Waals surface area contributed by atoms with Crippen LogP contribution >= 0.6 is 0 Å². The molecule has 0 bridgehead atoms. The number of rotatable bonds is 4. The Morgan fingerprint density at radius 3 is 3.00 bits per heavy atom. The van der Waals surface area contributed by atoms with Gasteiger partial charge >= 0.3 is 0 Å². The summed E-state index contributed by atoms with van der Waals surface area (Å²) in [6.07, 6.45) is 5.03. The molecule has 0 N–H and O–H groups in total. The molecule has 0 spiro atoms. The number of piperidine rings is 1. The highest BCUT2D eigenvalue weighted by molar-refractivity contribution is 5.24. The number of aromatic nitrogens is 1. The fourth-order valence-corrected chi connectivity index (χ4v) is 4.14. The van der Waals surface area contributed by atoms with Crippen molar-refractivity contribution in [1.82, 2.24) is 14.8 Å². The summed E-state index contributed by atoms with van der Waals surface area (Å²) in [6, 6.07) is 9.84. The molecule has 4 rings (SSSR count). The Hall–Kier alpha value is -1.82. The third-order valence-corrected chi connectivity index (χ3v) is 5.49. The van der Waals surface area contributed by atoms with Crippen LogP contribution in [-0.4, -0.2) is 53.2 Å². The molecule has 2 atom stereocenters. The number of halogens is 1. The topological polar surface area (TPSA) is 28.6 Å². The first kappa shape index (κ1) is 17.6. The lowest BCUT2D eigenvalue weighted by atomic mass is 9.97. The van der Waals surface area contributed by atoms with E-state index in [9.17, 15) is 4.39 Å². The van der Waals surface area contributed by atoms with Gasteiger partial charge in [-0.3, -0.25) is 14.8 Å². The van der Waals surface area contributed by atoms with Crippen LogP contribution in [0.25, 0.3) is 0 Å². The van der Waals surface area contributed by atoms with E-state index in [0.29, 0.717) is 12.6 Å². The fourth-order valence-electron chi connectivity index (χ4n) is 4.14. The Morgan fingerprint density at radius 1 is 1.23 bits per heavy atom. The van der Waals surface area contributed by atoms with Crippen molar-refractivity contribution in [1.29, 1.82) is 0 Å². The van der Waals surface area contributed by atoms with Crippen LogP contribution in [0.5, 0.6) is 0 Å². The molecule has 2 aromatic rings. The molecule has 2 saturated heterocycles. The number of ether oxygens (including phenoxy) is 1. The van der Waals surface area contributed by atoms with Gasteiger partial charge in [-0.2, -0.15) is 0 Å². The molecule has 2 aliphatic heterocycles. The second kappa shape index (κ2) is 7.82. The maximum atomic E-state index is 14.2. The van der Waals surface area contributed by atoms with E-state index >= 15 is 0 Å². The number of nitrogens with zero attached hydrogens (tertiary/aromatic N) is 3. The summed E-state index contributed by atoms with van der Waals surface area (Å²) < 4.78 is 20.2. The average molecular weight is 355 g/mol. The van der Waals surface area contributed by atoms with Gasteiger partial charge in [-0.25, -0.2) is 4.39 Å². The van der Waals surface area contributed by atoms with Gasteiger partial charge in [0.2, 0.25) is 0 Å². The molecule has 26 heavy (non-hydrogen) atoms. The minimum Gasteiger partial charge on any atom is -0.375 e. The van der Waals surface area contributed by atoms with Gasteiger partial charge in [0.1, 0.15) is 5.82 Å². The van der Waals surface area contributed by atoms with Gasteiger partial charge in [-0.15, -0.1) is 0 Å². The van der Waals surface area contributed by atoms with Crippen LogP contribution in [0.15, 0.2) is 42.7 Å². The Kier molecular flexibility index (Phi) is 5.29. The van der Waals surface area contributed by atoms with E-state index < -0.39 is 0 Å². The molecule has 2 aliphatic rings. The van der Waals surface area contributed by atoms with E-state index in [0.717, 1.165) is 50.3 Å². The lowest BCUT2D eigenvalue weighted by Crippen LogP contribution is -2.59. The Morgan fingerprint density at radius 2 is 2.15 bits per heavy atom. The standard InChI is InChI=1S/C21H26FN3O/c1-16-4-5-19(22)18(11-16)14-24-8-6-21-20(15-24)25(9-10-26-21)13-17-3-2-7-23-12-17/h2-5,7,11-12,20-21H,6,8-10,13-15H2,1H3/t20-,21-/m0/s1. The minimum atomic E-state index is -0.107. The summed E-state index contributed by atoms with van der Waals surface area (Å²) in [5.74, 6) is -0.107. The summed E-state index contributed by atoms with van der Waals surface area (Å²) in [4.78, 5) is 9.10. The highest BCUT2D eigenvalue weighted by Crippen LogP contribution is 2.26. The van der Waals surface area contributed by atoms with Crippen molar-refractivity contribution in [2.24, 2.45) is 0 Å². The molecule has 5 heteroatoms. The Labute approximate surface area is 154 Å². The van der Waals surface area contributed by atoms with Crippen LogP contribution in [0.2, 0.25) is 0 Å². The highest BCUT2D eigenvalue weighted by atomic mass is 19.1. The van der Waals surface area contributed by atoms with Gasteiger partial charge in [-0.05, 0) is 31.0 Å². The smallest absolute Gasteiger partial charge is 0.127 e. The maximum absolute atomic E-state index is 14.2. The largest absolute Gasteiger partial charge is 0.375 e. The highest BCUT2D eigenvalue weighted by Gasteiger charge is 2.37. The number of likely N-dealkylation sites (tertiary alicyclic amines) is 1. The molecule has 1 aromatic heterocycles. The van der Waals surface area contributed by atoms with Crippen molar-refractivity contribution in [3.63, 3.8) is 0 Å². The van der Waals surface area contributed by atoms with Gasteiger partial charge in [0.25, 0.3) is 0 Å². The van der Waals surface area contributed by atoms with Crippen molar-refractivity contribution < 1.29 is 9.13 Å². The number of hydrogen-bond donors (Lipinski definition) is 0. The summed E-state index contributed by atoms with van der Waals surface area (Å²) in [6.45, 7) is 7.16. The first-order chi connectivity index (χ1) is 12.7.